The van der Waals surface area contributed by atoms with Crippen molar-refractivity contribution in [1.29, 1.82) is 0 Å². The lowest BCUT2D eigenvalue weighted by atomic mass is 10.1. The zero-order valence-corrected chi connectivity index (χ0v) is 12.7. The molecule has 0 aliphatic rings. The van der Waals surface area contributed by atoms with Crippen LogP contribution in [0.3, 0.4) is 0 Å². The summed E-state index contributed by atoms with van der Waals surface area (Å²) in [7, 11) is 0. The van der Waals surface area contributed by atoms with Crippen LogP contribution in [0.1, 0.15) is 39.2 Å². The first-order chi connectivity index (χ1) is 9.78. The van der Waals surface area contributed by atoms with Gasteiger partial charge in [0.15, 0.2) is 0 Å². The molecule has 1 N–H and O–H groups in total. The Morgan fingerprint density at radius 3 is 2.65 bits per heavy atom. The van der Waals surface area contributed by atoms with E-state index < -0.39 is 0 Å². The zero-order chi connectivity index (χ0) is 14.4. The first-order valence-corrected chi connectivity index (χ1v) is 7.58. The van der Waals surface area contributed by atoms with Crippen LogP contribution in [0.2, 0.25) is 0 Å². The van der Waals surface area contributed by atoms with Crippen LogP contribution in [0.25, 0.3) is 10.9 Å². The van der Waals surface area contributed by atoms with Crippen molar-refractivity contribution in [3.05, 3.63) is 29.8 Å². The van der Waals surface area contributed by atoms with Crippen LogP contribution in [-0.4, -0.2) is 18.1 Å². The van der Waals surface area contributed by atoms with Crippen LogP contribution in [0.15, 0.2) is 24.3 Å². The molecular weight excluding hydrogens is 248 g/mol. The molecular formula is C17H24N2O. The number of anilines is 1. The number of hydrogen-bond donors (Lipinski definition) is 1. The van der Waals surface area contributed by atoms with Crippen LogP contribution in [0.5, 0.6) is 5.75 Å². The maximum Gasteiger partial charge on any atom is 0.129 e. The van der Waals surface area contributed by atoms with E-state index in [-0.39, 0.29) is 0 Å². The number of aromatic nitrogens is 1. The average Bonchev–Trinajstić information content (AvgIpc) is 2.46. The number of nitrogens with one attached hydrogen (secondary N) is 1. The Labute approximate surface area is 121 Å². The van der Waals surface area contributed by atoms with E-state index >= 15 is 0 Å². The summed E-state index contributed by atoms with van der Waals surface area (Å²) in [5.74, 6) is 1.95. The molecule has 0 aliphatic carbocycles. The van der Waals surface area contributed by atoms with Gasteiger partial charge in [-0.15, -0.1) is 0 Å². The normalized spacial score (nSPS) is 10.8. The lowest BCUT2D eigenvalue weighted by molar-refractivity contribution is 0.340. The largest absolute Gasteiger partial charge is 0.494 e. The van der Waals surface area contributed by atoms with Gasteiger partial charge in [0.05, 0.1) is 12.1 Å². The van der Waals surface area contributed by atoms with Crippen molar-refractivity contribution in [2.75, 3.05) is 18.5 Å². The van der Waals surface area contributed by atoms with Crippen LogP contribution in [0, 0.1) is 0 Å². The highest BCUT2D eigenvalue weighted by molar-refractivity contribution is 5.83. The van der Waals surface area contributed by atoms with Crippen molar-refractivity contribution in [3.63, 3.8) is 0 Å². The lowest BCUT2D eigenvalue weighted by Gasteiger charge is -2.12. The summed E-state index contributed by atoms with van der Waals surface area (Å²) in [4.78, 5) is 4.77. The number of pyridine rings is 1. The first kappa shape index (κ1) is 14.6. The van der Waals surface area contributed by atoms with Crippen molar-refractivity contribution in [2.24, 2.45) is 0 Å². The maximum absolute atomic E-state index is 5.57. The minimum absolute atomic E-state index is 0.691. The maximum atomic E-state index is 5.57. The molecule has 20 heavy (non-hydrogen) atoms. The number of ether oxygens (including phenoxy) is 1. The number of benzene rings is 1. The second-order valence-corrected chi connectivity index (χ2v) is 4.96. The van der Waals surface area contributed by atoms with Crippen LogP contribution < -0.4 is 10.1 Å². The average molecular weight is 272 g/mol. The molecule has 0 spiro atoms. The molecule has 0 atom stereocenters. The third-order valence-corrected chi connectivity index (χ3v) is 3.24. The van der Waals surface area contributed by atoms with E-state index in [9.17, 15) is 0 Å². The van der Waals surface area contributed by atoms with Gasteiger partial charge in [0.25, 0.3) is 0 Å². The van der Waals surface area contributed by atoms with Crippen LogP contribution in [0.4, 0.5) is 5.82 Å². The van der Waals surface area contributed by atoms with Gasteiger partial charge in [-0.1, -0.05) is 20.3 Å². The highest BCUT2D eigenvalue weighted by atomic mass is 16.5. The van der Waals surface area contributed by atoms with Gasteiger partial charge in [-0.3, -0.25) is 0 Å². The van der Waals surface area contributed by atoms with E-state index in [1.54, 1.807) is 0 Å². The molecule has 2 aromatic rings. The van der Waals surface area contributed by atoms with E-state index in [0.717, 1.165) is 48.3 Å². The summed E-state index contributed by atoms with van der Waals surface area (Å²) in [6, 6.07) is 8.34. The Morgan fingerprint density at radius 1 is 1.10 bits per heavy atom. The quantitative estimate of drug-likeness (QED) is 0.810. The molecule has 1 aromatic carbocycles. The highest BCUT2D eigenvalue weighted by Crippen LogP contribution is 2.25. The van der Waals surface area contributed by atoms with Crippen LogP contribution >= 0.6 is 0 Å². The third kappa shape index (κ3) is 3.41. The molecule has 3 nitrogen and oxygen atoms in total. The second-order valence-electron chi connectivity index (χ2n) is 4.96. The molecule has 0 amide bonds. The molecule has 0 radical (unpaired) electrons. The zero-order valence-electron chi connectivity index (χ0n) is 12.7. The standard InChI is InChI=1S/C17H24N2O/c1-4-7-13-11-14-12-15(20-6-3)8-9-16(14)19-17(13)18-10-5-2/h8-9,11-12H,4-7,10H2,1-3H3,(H,18,19). The molecule has 0 saturated heterocycles. The van der Waals surface area contributed by atoms with Gasteiger partial charge >= 0.3 is 0 Å². The SMILES string of the molecule is CCCNc1nc2ccc(OCC)cc2cc1CCC. The molecule has 0 unspecified atom stereocenters. The Bertz CT molecular complexity index is 566. The minimum atomic E-state index is 0.691. The Hall–Kier alpha value is -1.77. The molecule has 0 aliphatic heterocycles. The molecule has 3 heteroatoms. The Morgan fingerprint density at radius 2 is 1.95 bits per heavy atom. The summed E-state index contributed by atoms with van der Waals surface area (Å²) in [6.07, 6.45) is 3.28. The van der Waals surface area contributed by atoms with Crippen molar-refractivity contribution >= 4 is 16.7 Å². The molecule has 0 saturated carbocycles. The fourth-order valence-corrected chi connectivity index (χ4v) is 2.31. The third-order valence-electron chi connectivity index (χ3n) is 3.24. The Balaban J connectivity index is 2.41. The summed E-state index contributed by atoms with van der Waals surface area (Å²) < 4.78 is 5.57. The van der Waals surface area contributed by atoms with Gasteiger partial charge in [0.1, 0.15) is 11.6 Å². The van der Waals surface area contributed by atoms with Gasteiger partial charge in [0, 0.05) is 11.9 Å². The van der Waals surface area contributed by atoms with E-state index in [1.807, 2.05) is 19.1 Å². The highest BCUT2D eigenvalue weighted by Gasteiger charge is 2.07. The predicted molar refractivity (Wildman–Crippen MR) is 85.7 cm³/mol. The molecule has 0 bridgehead atoms. The van der Waals surface area contributed by atoms with Gasteiger partial charge in [-0.05, 0) is 49.6 Å². The molecule has 2 rings (SSSR count). The molecule has 0 fully saturated rings. The predicted octanol–water partition coefficient (Wildman–Crippen LogP) is 4.41. The summed E-state index contributed by atoms with van der Waals surface area (Å²) in [6.45, 7) is 8.03. The van der Waals surface area contributed by atoms with Crippen molar-refractivity contribution in [2.45, 2.75) is 40.0 Å². The lowest BCUT2D eigenvalue weighted by Crippen LogP contribution is -2.05. The van der Waals surface area contributed by atoms with Gasteiger partial charge in [0.2, 0.25) is 0 Å². The van der Waals surface area contributed by atoms with Crippen molar-refractivity contribution in [3.8, 4) is 5.75 Å². The number of aryl methyl sites for hydroxylation is 1. The van der Waals surface area contributed by atoms with Gasteiger partial charge < -0.3 is 10.1 Å². The van der Waals surface area contributed by atoms with Crippen LogP contribution in [-0.2, 0) is 6.42 Å². The number of rotatable bonds is 7. The summed E-state index contributed by atoms with van der Waals surface area (Å²) in [5, 5.41) is 4.59. The van der Waals surface area contributed by atoms with Crippen molar-refractivity contribution < 1.29 is 4.74 Å². The van der Waals surface area contributed by atoms with E-state index in [1.165, 1.54) is 5.56 Å². The topological polar surface area (TPSA) is 34.2 Å². The first-order valence-electron chi connectivity index (χ1n) is 7.58. The Kier molecular flexibility index (Phi) is 5.22. The molecule has 1 heterocycles. The van der Waals surface area contributed by atoms with Crippen molar-refractivity contribution in [1.82, 2.24) is 4.98 Å². The smallest absolute Gasteiger partial charge is 0.129 e. The monoisotopic (exact) mass is 272 g/mol. The number of hydrogen-bond acceptors (Lipinski definition) is 3. The van der Waals surface area contributed by atoms with E-state index in [0.29, 0.717) is 6.61 Å². The molecule has 1 aromatic heterocycles. The summed E-state index contributed by atoms with van der Waals surface area (Å²) in [5.41, 5.74) is 2.31. The minimum Gasteiger partial charge on any atom is -0.494 e. The second kappa shape index (κ2) is 7.13. The fraction of sp³-hybridized carbons (Fsp3) is 0.471. The van der Waals surface area contributed by atoms with E-state index in [4.69, 9.17) is 9.72 Å². The van der Waals surface area contributed by atoms with Gasteiger partial charge in [-0.25, -0.2) is 4.98 Å². The molecule has 108 valence electrons. The number of nitrogens with zero attached hydrogens (tertiary/aromatic N) is 1. The fourth-order valence-electron chi connectivity index (χ4n) is 2.31. The summed E-state index contributed by atoms with van der Waals surface area (Å²) >= 11 is 0. The number of fused-ring (bicyclic) bond motifs is 1. The van der Waals surface area contributed by atoms with E-state index in [2.05, 4.69) is 31.3 Å². The van der Waals surface area contributed by atoms with Gasteiger partial charge in [-0.2, -0.15) is 0 Å².